The molecule has 0 unspecified atom stereocenters. The van der Waals surface area contributed by atoms with Gasteiger partial charge >= 0.3 is 0 Å². The summed E-state index contributed by atoms with van der Waals surface area (Å²) in [5.41, 5.74) is 1.73. The van der Waals surface area contributed by atoms with Gasteiger partial charge in [-0.2, -0.15) is 5.26 Å². The summed E-state index contributed by atoms with van der Waals surface area (Å²) >= 11 is 6.13. The fourth-order valence-corrected chi connectivity index (χ4v) is 2.28. The smallest absolute Gasteiger partial charge is 0.179 e. The van der Waals surface area contributed by atoms with Crippen LogP contribution in [0.25, 0.3) is 0 Å². The van der Waals surface area contributed by atoms with Crippen LogP contribution >= 0.6 is 11.6 Å². The number of ether oxygens (including phenoxy) is 2. The predicted octanol–water partition coefficient (Wildman–Crippen LogP) is 4.23. The van der Waals surface area contributed by atoms with E-state index in [9.17, 15) is 0 Å². The molecule has 0 saturated heterocycles. The molecule has 2 rings (SSSR count). The average molecular weight is 302 g/mol. The maximum absolute atomic E-state index is 8.91. The molecule has 0 N–H and O–H groups in total. The molecule has 2 aromatic carbocycles. The highest BCUT2D eigenvalue weighted by molar-refractivity contribution is 6.32. The summed E-state index contributed by atoms with van der Waals surface area (Å²) in [5, 5.41) is 9.30. The standard InChI is InChI=1S/C17H16ClNO2/c1-20-16-11-14(12-19)10-15(18)17(16)21-9-5-8-13-6-3-2-4-7-13/h2-4,6-7,10-11H,5,8-9H2,1H3. The van der Waals surface area contributed by atoms with Gasteiger partial charge in [-0.15, -0.1) is 0 Å². The minimum Gasteiger partial charge on any atom is -0.493 e. The highest BCUT2D eigenvalue weighted by Crippen LogP contribution is 2.36. The van der Waals surface area contributed by atoms with Gasteiger partial charge in [0.15, 0.2) is 11.5 Å². The Labute approximate surface area is 129 Å². The van der Waals surface area contributed by atoms with Crippen LogP contribution in [0, 0.1) is 11.3 Å². The summed E-state index contributed by atoms with van der Waals surface area (Å²) in [5.74, 6) is 0.977. The van der Waals surface area contributed by atoms with Crippen LogP contribution in [0.15, 0.2) is 42.5 Å². The van der Waals surface area contributed by atoms with Crippen molar-refractivity contribution >= 4 is 11.6 Å². The highest BCUT2D eigenvalue weighted by Gasteiger charge is 2.11. The Morgan fingerprint density at radius 1 is 1.19 bits per heavy atom. The zero-order valence-electron chi connectivity index (χ0n) is 11.8. The Hall–Kier alpha value is -2.18. The van der Waals surface area contributed by atoms with E-state index < -0.39 is 0 Å². The van der Waals surface area contributed by atoms with Crippen molar-refractivity contribution in [3.63, 3.8) is 0 Å². The summed E-state index contributed by atoms with van der Waals surface area (Å²) < 4.78 is 10.9. The van der Waals surface area contributed by atoms with E-state index in [1.165, 1.54) is 12.7 Å². The topological polar surface area (TPSA) is 42.2 Å². The van der Waals surface area contributed by atoms with Gasteiger partial charge in [0, 0.05) is 6.07 Å². The zero-order chi connectivity index (χ0) is 15.1. The third-order valence-corrected chi connectivity index (χ3v) is 3.34. The quantitative estimate of drug-likeness (QED) is 0.750. The predicted molar refractivity (Wildman–Crippen MR) is 83.0 cm³/mol. The lowest BCUT2D eigenvalue weighted by Crippen LogP contribution is -2.02. The van der Waals surface area contributed by atoms with Crippen molar-refractivity contribution in [1.82, 2.24) is 0 Å². The van der Waals surface area contributed by atoms with Gasteiger partial charge in [-0.3, -0.25) is 0 Å². The Bertz CT molecular complexity index is 635. The van der Waals surface area contributed by atoms with Crippen molar-refractivity contribution in [3.05, 3.63) is 58.6 Å². The van der Waals surface area contributed by atoms with E-state index in [0.29, 0.717) is 28.7 Å². The van der Waals surface area contributed by atoms with Crippen molar-refractivity contribution < 1.29 is 9.47 Å². The number of hydrogen-bond acceptors (Lipinski definition) is 3. The number of aryl methyl sites for hydroxylation is 1. The normalized spacial score (nSPS) is 9.95. The van der Waals surface area contributed by atoms with Gasteiger partial charge in [-0.25, -0.2) is 0 Å². The summed E-state index contributed by atoms with van der Waals surface area (Å²) in [6, 6.07) is 15.5. The number of rotatable bonds is 6. The lowest BCUT2D eigenvalue weighted by Gasteiger charge is -2.12. The van der Waals surface area contributed by atoms with Crippen molar-refractivity contribution in [1.29, 1.82) is 5.26 Å². The minimum atomic E-state index is 0.394. The first-order valence-electron chi connectivity index (χ1n) is 6.69. The maximum atomic E-state index is 8.91. The molecule has 0 fully saturated rings. The first-order chi connectivity index (χ1) is 10.2. The number of hydrogen-bond donors (Lipinski definition) is 0. The molecule has 3 nitrogen and oxygen atoms in total. The molecular formula is C17H16ClNO2. The largest absolute Gasteiger partial charge is 0.493 e. The maximum Gasteiger partial charge on any atom is 0.179 e. The molecule has 0 amide bonds. The summed E-state index contributed by atoms with van der Waals surface area (Å²) in [4.78, 5) is 0. The molecule has 0 bridgehead atoms. The van der Waals surface area contributed by atoms with Crippen LogP contribution in [0.3, 0.4) is 0 Å². The number of methoxy groups -OCH3 is 1. The van der Waals surface area contributed by atoms with Crippen LogP contribution in [0.4, 0.5) is 0 Å². The lowest BCUT2D eigenvalue weighted by atomic mass is 10.1. The van der Waals surface area contributed by atoms with Gasteiger partial charge in [0.2, 0.25) is 0 Å². The molecule has 0 atom stereocenters. The van der Waals surface area contributed by atoms with E-state index in [4.69, 9.17) is 26.3 Å². The molecule has 2 aromatic rings. The molecule has 0 saturated carbocycles. The second kappa shape index (κ2) is 7.56. The molecule has 0 heterocycles. The third-order valence-electron chi connectivity index (χ3n) is 3.06. The van der Waals surface area contributed by atoms with E-state index in [1.54, 1.807) is 12.1 Å². The molecule has 0 aliphatic carbocycles. The van der Waals surface area contributed by atoms with Gasteiger partial charge in [-0.1, -0.05) is 41.9 Å². The Balaban J connectivity index is 1.95. The molecule has 21 heavy (non-hydrogen) atoms. The first-order valence-corrected chi connectivity index (χ1v) is 7.06. The second-order valence-electron chi connectivity index (χ2n) is 4.54. The summed E-state index contributed by atoms with van der Waals surface area (Å²) in [6.45, 7) is 0.539. The average Bonchev–Trinajstić information content (AvgIpc) is 2.53. The fourth-order valence-electron chi connectivity index (χ4n) is 2.02. The molecule has 0 aromatic heterocycles. The molecule has 0 aliphatic heterocycles. The molecule has 0 aliphatic rings. The van der Waals surface area contributed by atoms with Crippen molar-refractivity contribution in [3.8, 4) is 17.6 Å². The third kappa shape index (κ3) is 4.14. The van der Waals surface area contributed by atoms with Crippen molar-refractivity contribution in [2.75, 3.05) is 13.7 Å². The second-order valence-corrected chi connectivity index (χ2v) is 4.95. The molecular weight excluding hydrogens is 286 g/mol. The lowest BCUT2D eigenvalue weighted by molar-refractivity contribution is 0.289. The van der Waals surface area contributed by atoms with Crippen LogP contribution in [0.2, 0.25) is 5.02 Å². The summed E-state index contributed by atoms with van der Waals surface area (Å²) in [7, 11) is 1.53. The molecule has 4 heteroatoms. The number of halogens is 1. The van der Waals surface area contributed by atoms with Gasteiger partial charge in [-0.05, 0) is 24.5 Å². The van der Waals surface area contributed by atoms with E-state index >= 15 is 0 Å². The van der Waals surface area contributed by atoms with E-state index in [1.807, 2.05) is 24.3 Å². The van der Waals surface area contributed by atoms with Gasteiger partial charge in [0.1, 0.15) is 0 Å². The van der Waals surface area contributed by atoms with E-state index in [2.05, 4.69) is 12.1 Å². The van der Waals surface area contributed by atoms with Gasteiger partial charge in [0.05, 0.1) is 30.4 Å². The van der Waals surface area contributed by atoms with Crippen LogP contribution in [-0.2, 0) is 6.42 Å². The first kappa shape index (κ1) is 15.2. The number of benzene rings is 2. The summed E-state index contributed by atoms with van der Waals surface area (Å²) in [6.07, 6.45) is 1.82. The van der Waals surface area contributed by atoms with Crippen LogP contribution < -0.4 is 9.47 Å². The number of nitrogens with zero attached hydrogens (tertiary/aromatic N) is 1. The van der Waals surface area contributed by atoms with Crippen LogP contribution in [0.5, 0.6) is 11.5 Å². The monoisotopic (exact) mass is 301 g/mol. The van der Waals surface area contributed by atoms with E-state index in [-0.39, 0.29) is 0 Å². The van der Waals surface area contributed by atoms with Gasteiger partial charge < -0.3 is 9.47 Å². The minimum absolute atomic E-state index is 0.394. The Morgan fingerprint density at radius 2 is 1.95 bits per heavy atom. The molecule has 108 valence electrons. The molecule has 0 spiro atoms. The zero-order valence-corrected chi connectivity index (χ0v) is 12.6. The highest BCUT2D eigenvalue weighted by atomic mass is 35.5. The Morgan fingerprint density at radius 3 is 2.62 bits per heavy atom. The van der Waals surface area contributed by atoms with Crippen LogP contribution in [0.1, 0.15) is 17.5 Å². The van der Waals surface area contributed by atoms with Crippen molar-refractivity contribution in [2.24, 2.45) is 0 Å². The van der Waals surface area contributed by atoms with Gasteiger partial charge in [0.25, 0.3) is 0 Å². The SMILES string of the molecule is COc1cc(C#N)cc(Cl)c1OCCCc1ccccc1. The van der Waals surface area contributed by atoms with Crippen LogP contribution in [-0.4, -0.2) is 13.7 Å². The van der Waals surface area contributed by atoms with Crippen molar-refractivity contribution in [2.45, 2.75) is 12.8 Å². The Kier molecular flexibility index (Phi) is 5.48. The fraction of sp³-hybridized carbons (Fsp3) is 0.235. The molecule has 0 radical (unpaired) electrons. The number of nitriles is 1. The van der Waals surface area contributed by atoms with E-state index in [0.717, 1.165) is 12.8 Å².